The summed E-state index contributed by atoms with van der Waals surface area (Å²) in [6.07, 6.45) is 0. The maximum Gasteiger partial charge on any atom is 0.242 e. The molecule has 1 unspecified atom stereocenters. The fourth-order valence-corrected chi connectivity index (χ4v) is 2.92. The largest absolute Gasteiger partial charge is 0.398 e. The van der Waals surface area contributed by atoms with Crippen LogP contribution in [0.5, 0.6) is 0 Å². The molecular formula is C11H19N3O3S2. The predicted molar refractivity (Wildman–Crippen MR) is 79.1 cm³/mol. The Labute approximate surface area is 116 Å². The molecule has 0 bridgehead atoms. The molecule has 1 aromatic rings. The van der Waals surface area contributed by atoms with Crippen LogP contribution in [0, 0.1) is 0 Å². The van der Waals surface area contributed by atoms with E-state index in [1.807, 2.05) is 6.92 Å². The van der Waals surface area contributed by atoms with Gasteiger partial charge in [-0.1, -0.05) is 6.92 Å². The Balaban J connectivity index is 2.75. The summed E-state index contributed by atoms with van der Waals surface area (Å²) in [6, 6.07) is 4.63. The van der Waals surface area contributed by atoms with Crippen molar-refractivity contribution in [2.24, 2.45) is 0 Å². The van der Waals surface area contributed by atoms with Crippen LogP contribution in [-0.2, 0) is 20.8 Å². The van der Waals surface area contributed by atoms with Crippen molar-refractivity contribution in [2.45, 2.75) is 11.8 Å². The molecule has 8 heteroatoms. The lowest BCUT2D eigenvalue weighted by molar-refractivity contribution is 0.588. The Morgan fingerprint density at radius 3 is 2.58 bits per heavy atom. The molecule has 0 aliphatic rings. The Kier molecular flexibility index (Phi) is 5.77. The summed E-state index contributed by atoms with van der Waals surface area (Å²) in [4.78, 5) is 0.0534. The number of sulfonamides is 1. The number of anilines is 2. The summed E-state index contributed by atoms with van der Waals surface area (Å²) in [5.74, 6) is 1.18. The first-order chi connectivity index (χ1) is 8.90. The summed E-state index contributed by atoms with van der Waals surface area (Å²) >= 11 is 0. The van der Waals surface area contributed by atoms with E-state index in [1.54, 1.807) is 12.1 Å². The van der Waals surface area contributed by atoms with Crippen molar-refractivity contribution in [3.8, 4) is 0 Å². The van der Waals surface area contributed by atoms with Gasteiger partial charge in [0.25, 0.3) is 0 Å². The number of nitrogens with two attached hydrogens (primary N) is 1. The molecule has 0 aliphatic heterocycles. The maximum absolute atomic E-state index is 11.6. The number of rotatable bonds is 7. The van der Waals surface area contributed by atoms with Crippen LogP contribution in [0.15, 0.2) is 23.1 Å². The number of nitrogens with one attached hydrogen (secondary N) is 2. The molecule has 0 spiro atoms. The topological polar surface area (TPSA) is 101 Å². The minimum absolute atomic E-state index is 0.0534. The molecule has 0 fully saturated rings. The zero-order chi connectivity index (χ0) is 14.5. The third-order valence-corrected chi connectivity index (χ3v) is 5.34. The average molecular weight is 305 g/mol. The zero-order valence-electron chi connectivity index (χ0n) is 11.0. The fourth-order valence-electron chi connectivity index (χ4n) is 1.47. The van der Waals surface area contributed by atoms with E-state index in [9.17, 15) is 12.6 Å². The lowest BCUT2D eigenvalue weighted by Gasteiger charge is -2.10. The van der Waals surface area contributed by atoms with Gasteiger partial charge in [-0.2, -0.15) is 0 Å². The first kappa shape index (κ1) is 15.9. The van der Waals surface area contributed by atoms with Crippen molar-refractivity contribution < 1.29 is 12.6 Å². The van der Waals surface area contributed by atoms with Crippen molar-refractivity contribution in [2.75, 3.05) is 36.1 Å². The molecular weight excluding hydrogens is 286 g/mol. The van der Waals surface area contributed by atoms with Gasteiger partial charge in [0.2, 0.25) is 10.0 Å². The zero-order valence-corrected chi connectivity index (χ0v) is 12.6. The Morgan fingerprint density at radius 1 is 1.37 bits per heavy atom. The Morgan fingerprint density at radius 2 is 2.05 bits per heavy atom. The first-order valence-electron chi connectivity index (χ1n) is 5.82. The normalized spacial score (nSPS) is 13.2. The second-order valence-corrected chi connectivity index (χ2v) is 7.54. The van der Waals surface area contributed by atoms with E-state index in [2.05, 4.69) is 10.0 Å². The van der Waals surface area contributed by atoms with Crippen LogP contribution in [0.1, 0.15) is 6.92 Å². The number of nitrogen functional groups attached to an aromatic ring is 1. The number of hydrogen-bond donors (Lipinski definition) is 3. The first-order valence-corrected chi connectivity index (χ1v) is 8.79. The highest BCUT2D eigenvalue weighted by molar-refractivity contribution is 7.89. The van der Waals surface area contributed by atoms with Crippen LogP contribution in [0.3, 0.4) is 0 Å². The highest BCUT2D eigenvalue weighted by Crippen LogP contribution is 2.21. The molecule has 0 amide bonds. The summed E-state index contributed by atoms with van der Waals surface area (Å²) in [6.45, 7) is 2.42. The summed E-state index contributed by atoms with van der Waals surface area (Å²) in [7, 11) is -3.03. The fraction of sp³-hybridized carbons (Fsp3) is 0.455. The molecule has 1 atom stereocenters. The van der Waals surface area contributed by atoms with Gasteiger partial charge in [-0.25, -0.2) is 13.1 Å². The molecule has 108 valence electrons. The van der Waals surface area contributed by atoms with Gasteiger partial charge < -0.3 is 11.1 Å². The molecule has 1 rings (SSSR count). The predicted octanol–water partition coefficient (Wildman–Crippen LogP) is 0.357. The van der Waals surface area contributed by atoms with Crippen molar-refractivity contribution in [1.82, 2.24) is 4.72 Å². The van der Waals surface area contributed by atoms with E-state index in [1.165, 1.54) is 13.1 Å². The third kappa shape index (κ3) is 4.48. The highest BCUT2D eigenvalue weighted by Gasteiger charge is 2.15. The van der Waals surface area contributed by atoms with Gasteiger partial charge in [-0.05, 0) is 25.2 Å². The number of benzene rings is 1. The summed E-state index contributed by atoms with van der Waals surface area (Å²) in [5.41, 5.74) is 6.61. The second-order valence-electron chi connectivity index (χ2n) is 3.82. The molecule has 4 N–H and O–H groups in total. The summed E-state index contributed by atoms with van der Waals surface area (Å²) in [5, 5.41) is 3.06. The van der Waals surface area contributed by atoms with Crippen LogP contribution in [-0.4, -0.2) is 37.7 Å². The molecule has 1 aromatic carbocycles. The van der Waals surface area contributed by atoms with E-state index in [0.717, 1.165) is 0 Å². The number of hydrogen-bond acceptors (Lipinski definition) is 5. The molecule has 0 aliphatic carbocycles. The molecule has 0 saturated heterocycles. The summed E-state index contributed by atoms with van der Waals surface area (Å²) < 4.78 is 36.7. The van der Waals surface area contributed by atoms with E-state index in [-0.39, 0.29) is 10.6 Å². The maximum atomic E-state index is 11.6. The minimum Gasteiger partial charge on any atom is -0.398 e. The highest BCUT2D eigenvalue weighted by atomic mass is 32.2. The van der Waals surface area contributed by atoms with Crippen LogP contribution in [0.25, 0.3) is 0 Å². The van der Waals surface area contributed by atoms with Gasteiger partial charge in [0, 0.05) is 34.5 Å². The Hall–Kier alpha value is -1.12. The van der Waals surface area contributed by atoms with Gasteiger partial charge in [0.1, 0.15) is 4.90 Å². The van der Waals surface area contributed by atoms with E-state index in [0.29, 0.717) is 23.7 Å². The van der Waals surface area contributed by atoms with Crippen molar-refractivity contribution in [1.29, 1.82) is 0 Å². The lowest BCUT2D eigenvalue weighted by atomic mass is 10.3. The van der Waals surface area contributed by atoms with E-state index in [4.69, 9.17) is 5.73 Å². The van der Waals surface area contributed by atoms with Crippen molar-refractivity contribution in [3.63, 3.8) is 0 Å². The van der Waals surface area contributed by atoms with E-state index >= 15 is 0 Å². The third-order valence-electron chi connectivity index (χ3n) is 2.55. The van der Waals surface area contributed by atoms with Crippen molar-refractivity contribution >= 4 is 32.2 Å². The molecule has 0 radical (unpaired) electrons. The van der Waals surface area contributed by atoms with Crippen LogP contribution in [0.4, 0.5) is 11.4 Å². The molecule has 0 saturated carbocycles. The molecule has 6 nitrogen and oxygen atoms in total. The average Bonchev–Trinajstić information content (AvgIpc) is 2.38. The van der Waals surface area contributed by atoms with Gasteiger partial charge in [0.05, 0.1) is 5.69 Å². The van der Waals surface area contributed by atoms with Crippen LogP contribution >= 0.6 is 0 Å². The standard InChI is InChI=1S/C11H19N3O3S2/c1-3-18(15)7-6-14-9-4-5-11(10(12)8-9)19(16,17)13-2/h4-5,8,13-14H,3,6-7,12H2,1-2H3. The van der Waals surface area contributed by atoms with Crippen molar-refractivity contribution in [3.05, 3.63) is 18.2 Å². The molecule has 0 aromatic heterocycles. The van der Waals surface area contributed by atoms with Gasteiger partial charge >= 0.3 is 0 Å². The molecule has 0 heterocycles. The van der Waals surface area contributed by atoms with Gasteiger partial charge in [-0.15, -0.1) is 0 Å². The monoisotopic (exact) mass is 305 g/mol. The van der Waals surface area contributed by atoms with Gasteiger partial charge in [0.15, 0.2) is 0 Å². The SMILES string of the molecule is CCS(=O)CCNc1ccc(S(=O)(=O)NC)c(N)c1. The lowest BCUT2D eigenvalue weighted by Crippen LogP contribution is -2.20. The van der Waals surface area contributed by atoms with Crippen LogP contribution in [0.2, 0.25) is 0 Å². The van der Waals surface area contributed by atoms with E-state index < -0.39 is 20.8 Å². The minimum atomic E-state index is -3.53. The smallest absolute Gasteiger partial charge is 0.242 e. The Bertz CT molecular complexity index is 558. The molecule has 19 heavy (non-hydrogen) atoms. The quantitative estimate of drug-likeness (QED) is 0.631. The second kappa shape index (κ2) is 6.88. The van der Waals surface area contributed by atoms with Crippen LogP contribution < -0.4 is 15.8 Å². The van der Waals surface area contributed by atoms with Gasteiger partial charge in [-0.3, -0.25) is 4.21 Å².